The van der Waals surface area contributed by atoms with Gasteiger partial charge in [-0.2, -0.15) is 0 Å². The Kier molecular flexibility index (Phi) is 30.0. The first-order chi connectivity index (χ1) is 41.9. The Hall–Kier alpha value is -6.13. The van der Waals surface area contributed by atoms with Crippen molar-refractivity contribution in [1.29, 1.82) is 0 Å². The van der Waals surface area contributed by atoms with Crippen molar-refractivity contribution in [2.45, 2.75) is 233 Å². The van der Waals surface area contributed by atoms with Crippen molar-refractivity contribution in [3.8, 4) is 5.75 Å². The number of benzene rings is 1. The zero-order chi connectivity index (χ0) is 66.5. The van der Waals surface area contributed by atoms with Gasteiger partial charge in [-0.15, -0.1) is 6.58 Å². The number of aliphatic hydroxyl groups excluding tert-OH is 1. The number of nitrogens with zero attached hydrogens (tertiary/aromatic N) is 1. The van der Waals surface area contributed by atoms with E-state index in [-0.39, 0.29) is 95.2 Å². The Morgan fingerprint density at radius 2 is 1.52 bits per heavy atom. The Morgan fingerprint density at radius 1 is 0.854 bits per heavy atom. The lowest BCUT2D eigenvalue weighted by Gasteiger charge is -2.41. The first-order valence-corrected chi connectivity index (χ1v) is 31.5. The second-order valence-corrected chi connectivity index (χ2v) is 25.5. The van der Waals surface area contributed by atoms with Crippen LogP contribution in [0.15, 0.2) is 48.1 Å². The molecule has 1 unspecified atom stereocenters. The Labute approximate surface area is 526 Å². The monoisotopic (exact) mass is 1250 g/mol. The van der Waals surface area contributed by atoms with Gasteiger partial charge in [-0.05, 0) is 127 Å². The van der Waals surface area contributed by atoms with Crippen LogP contribution in [0.4, 0.5) is 0 Å². The fourth-order valence-corrected chi connectivity index (χ4v) is 12.3. The molecule has 1 aromatic rings. The highest BCUT2D eigenvalue weighted by molar-refractivity contribution is 6.39. The molecule has 498 valence electrons. The third kappa shape index (κ3) is 22.6. The van der Waals surface area contributed by atoms with E-state index >= 15 is 4.79 Å². The van der Waals surface area contributed by atoms with Crippen LogP contribution in [0.5, 0.6) is 5.75 Å². The molecule has 1 aromatic carbocycles. The molecule has 0 spiro atoms. The average Bonchev–Trinajstić information content (AvgIpc) is 0.960. The number of carbonyl (C=O) groups is 9. The van der Waals surface area contributed by atoms with E-state index in [0.29, 0.717) is 54.7 Å². The van der Waals surface area contributed by atoms with Crippen LogP contribution in [-0.4, -0.2) is 157 Å². The third-order valence-corrected chi connectivity index (χ3v) is 17.3. The number of aliphatic hydroxyl groups is 2. The minimum Gasteiger partial charge on any atom is -0.462 e. The van der Waals surface area contributed by atoms with Crippen molar-refractivity contribution in [2.75, 3.05) is 40.6 Å². The molecule has 2 aliphatic heterocycles. The van der Waals surface area contributed by atoms with Crippen molar-refractivity contribution in [3.05, 3.63) is 64.8 Å². The Balaban J connectivity index is 1.73. The summed E-state index contributed by atoms with van der Waals surface area (Å²) in [5, 5.41) is 22.4. The quantitative estimate of drug-likeness (QED) is 0.0218. The summed E-state index contributed by atoms with van der Waals surface area (Å²) in [6.45, 7) is 24.0. The number of rotatable bonds is 33. The number of Topliss-reactive ketones (excluding diaryl/α,β-unsaturated/α-hetero) is 2. The summed E-state index contributed by atoms with van der Waals surface area (Å²) in [5.41, 5.74) is 2.40. The van der Waals surface area contributed by atoms with E-state index in [2.05, 4.69) is 20.4 Å². The number of piperidine rings is 1. The van der Waals surface area contributed by atoms with Gasteiger partial charge in [0.1, 0.15) is 43.0 Å². The normalized spacial score (nSPS) is 23.4. The second-order valence-electron chi connectivity index (χ2n) is 25.5. The van der Waals surface area contributed by atoms with Crippen LogP contribution >= 0.6 is 0 Å². The number of likely N-dealkylation sites (tertiary alicyclic amines) is 1. The van der Waals surface area contributed by atoms with Gasteiger partial charge in [-0.3, -0.25) is 38.4 Å². The summed E-state index contributed by atoms with van der Waals surface area (Å²) >= 11 is 0. The molecule has 1 aliphatic carbocycles. The van der Waals surface area contributed by atoms with Crippen molar-refractivity contribution in [2.24, 2.45) is 29.6 Å². The number of aryl methyl sites for hydroxylation is 2. The maximum atomic E-state index is 15.0. The maximum Gasteiger partial charge on any atom is 0.329 e. The molecule has 21 heteroatoms. The number of ether oxygens (including phenoxy) is 9. The largest absolute Gasteiger partial charge is 0.462 e. The lowest BCUT2D eigenvalue weighted by atomic mass is 9.78. The van der Waals surface area contributed by atoms with Crippen LogP contribution in [0.1, 0.15) is 182 Å². The SMILES string of the molecule is C=CC[C@H](/C=C(\C)C[C@H](C)CC)C(=O)C[C@H](OC(=O)CC(C)(C)c1c(C)cc(C)cc1OC(=O)CCCC(=O)OC(COC(C)=O)COC(C)=O)[C@@H](C)[C@H](OC(=O)[C@@H]1CCCCN1C(=O)C(=O)[C@]1(O)OC[C@@H](OC)C[C@H]1C)/C(C)=C/C1CC[C@@H](O)[C@H](OC)C1. The molecule has 1 saturated carbocycles. The van der Waals surface area contributed by atoms with Gasteiger partial charge in [0.25, 0.3) is 11.7 Å². The number of methoxy groups -OCH3 is 2. The molecule has 89 heavy (non-hydrogen) atoms. The highest BCUT2D eigenvalue weighted by atomic mass is 16.6. The van der Waals surface area contributed by atoms with Gasteiger partial charge in [-0.25, -0.2) is 4.79 Å². The van der Waals surface area contributed by atoms with E-state index in [1.54, 1.807) is 46.8 Å². The van der Waals surface area contributed by atoms with Gasteiger partial charge in [0, 0.05) is 82.6 Å². The number of amides is 1. The van der Waals surface area contributed by atoms with E-state index in [0.717, 1.165) is 28.9 Å². The molecule has 2 heterocycles. The van der Waals surface area contributed by atoms with Crippen molar-refractivity contribution in [3.63, 3.8) is 0 Å². The first kappa shape index (κ1) is 75.3. The van der Waals surface area contributed by atoms with E-state index in [4.69, 9.17) is 42.6 Å². The molecule has 0 aromatic heterocycles. The van der Waals surface area contributed by atoms with Crippen LogP contribution in [0.3, 0.4) is 0 Å². The summed E-state index contributed by atoms with van der Waals surface area (Å²) in [7, 11) is 3.01. The fraction of sp³-hybridized carbons (Fsp3) is 0.691. The molecule has 0 bridgehead atoms. The molecular formula is C68H101NO20. The zero-order valence-corrected chi connectivity index (χ0v) is 55.1. The van der Waals surface area contributed by atoms with Crippen molar-refractivity contribution < 1.29 is 96.0 Å². The molecular weight excluding hydrogens is 1150 g/mol. The van der Waals surface area contributed by atoms with E-state index in [1.807, 2.05) is 39.0 Å². The fourth-order valence-electron chi connectivity index (χ4n) is 12.3. The maximum absolute atomic E-state index is 15.0. The summed E-state index contributed by atoms with van der Waals surface area (Å²) in [5.74, 6) is -11.3. The minimum absolute atomic E-state index is 0.00720. The molecule has 12 atom stereocenters. The Morgan fingerprint density at radius 3 is 2.12 bits per heavy atom. The number of hydrogen-bond acceptors (Lipinski definition) is 20. The van der Waals surface area contributed by atoms with Crippen LogP contribution in [0.2, 0.25) is 0 Å². The van der Waals surface area contributed by atoms with E-state index in [9.17, 15) is 48.6 Å². The van der Waals surface area contributed by atoms with Crippen LogP contribution < -0.4 is 4.74 Å². The molecule has 2 N–H and O–H groups in total. The third-order valence-electron chi connectivity index (χ3n) is 17.3. The lowest BCUT2D eigenvalue weighted by molar-refractivity contribution is -0.258. The van der Waals surface area contributed by atoms with Gasteiger partial charge < -0.3 is 57.7 Å². The molecule has 21 nitrogen and oxygen atoms in total. The van der Waals surface area contributed by atoms with Gasteiger partial charge in [0.2, 0.25) is 5.79 Å². The van der Waals surface area contributed by atoms with Gasteiger partial charge in [0.05, 0.1) is 31.3 Å². The topological polar surface area (TPSA) is 280 Å². The average molecular weight is 1250 g/mol. The van der Waals surface area contributed by atoms with E-state index in [1.165, 1.54) is 28.1 Å². The van der Waals surface area contributed by atoms with Gasteiger partial charge >= 0.3 is 35.8 Å². The highest BCUT2D eigenvalue weighted by Gasteiger charge is 2.53. The Bertz CT molecular complexity index is 2680. The van der Waals surface area contributed by atoms with Gasteiger partial charge in [0.15, 0.2) is 6.10 Å². The second kappa shape index (κ2) is 35.5. The summed E-state index contributed by atoms with van der Waals surface area (Å²) in [4.78, 5) is 124. The van der Waals surface area contributed by atoms with E-state index < -0.39 is 119 Å². The van der Waals surface area contributed by atoms with Crippen LogP contribution in [0.25, 0.3) is 0 Å². The van der Waals surface area contributed by atoms with Crippen molar-refractivity contribution >= 4 is 53.3 Å². The number of esters is 6. The highest BCUT2D eigenvalue weighted by Crippen LogP contribution is 2.40. The summed E-state index contributed by atoms with van der Waals surface area (Å²) in [6, 6.07) is 2.29. The molecule has 0 radical (unpaired) electrons. The predicted octanol–water partition coefficient (Wildman–Crippen LogP) is 8.91. The molecule has 4 rings (SSSR count). The molecule has 2 saturated heterocycles. The minimum atomic E-state index is -2.47. The van der Waals surface area contributed by atoms with Crippen LogP contribution in [-0.2, 0) is 86.5 Å². The smallest absolute Gasteiger partial charge is 0.329 e. The molecule has 3 aliphatic rings. The zero-order valence-electron chi connectivity index (χ0n) is 55.1. The van der Waals surface area contributed by atoms with Gasteiger partial charge in [-0.1, -0.05) is 77.8 Å². The lowest BCUT2D eigenvalue weighted by Crippen LogP contribution is -2.61. The predicted molar refractivity (Wildman–Crippen MR) is 329 cm³/mol. The number of allylic oxidation sites excluding steroid dienone is 4. The summed E-state index contributed by atoms with van der Waals surface area (Å²) < 4.78 is 51.1. The van der Waals surface area contributed by atoms with Crippen LogP contribution in [0, 0.1) is 43.4 Å². The molecule has 3 fully saturated rings. The first-order valence-electron chi connectivity index (χ1n) is 31.5. The standard InChI is InChI=1S/C68H101NO20/c1-16-21-50(30-41(4)28-40(3)17-2)55(73)35-56(87-61(76)36-67(12,13)62-43(6)29-42(5)31-58(62)88-60(75)24-20-23-59(74)86-52(37-83-47(10)70)38-84-48(11)71)46(9)63(44(7)32-49-25-26-54(72)57(34-49)82-15)89-66(79)53-22-18-19-27-69(53)65(78)64(77)68(80)45(8)33-51(81-14)39-85-68/h16,29-32,40,45-46,49-54,56-57,63,72,80H,1,17-28,33-39H2,2-15H3/b41-30+,44-32+/t40-,45-,46-,49?,50-,51+,53+,54-,56+,57-,63-,68-/m1/s1. The summed E-state index contributed by atoms with van der Waals surface area (Å²) in [6.07, 6.45) is 4.13. The molecule has 1 amide bonds. The number of hydrogen-bond donors (Lipinski definition) is 2. The number of carbonyl (C=O) groups excluding carboxylic acids is 9. The van der Waals surface area contributed by atoms with Crippen molar-refractivity contribution in [1.82, 2.24) is 4.90 Å². The number of ketones is 2.